The zero-order valence-electron chi connectivity index (χ0n) is 19.9. The van der Waals surface area contributed by atoms with Crippen LogP contribution in [0.4, 0.5) is 16.2 Å². The van der Waals surface area contributed by atoms with E-state index in [4.69, 9.17) is 16.3 Å². The van der Waals surface area contributed by atoms with Crippen molar-refractivity contribution in [3.05, 3.63) is 83.6 Å². The van der Waals surface area contributed by atoms with Crippen LogP contribution in [0.2, 0.25) is 5.02 Å². The number of carbonyl (C=O) groups is 3. The van der Waals surface area contributed by atoms with Gasteiger partial charge < -0.3 is 15.0 Å². The molecular weight excluding hydrogens is 480 g/mol. The number of urea groups is 1. The summed E-state index contributed by atoms with van der Waals surface area (Å²) in [5, 5.41) is 3.31. The lowest BCUT2D eigenvalue weighted by atomic mass is 10.1. The van der Waals surface area contributed by atoms with E-state index in [2.05, 4.69) is 10.3 Å². The van der Waals surface area contributed by atoms with E-state index in [9.17, 15) is 14.4 Å². The molecule has 186 valence electrons. The number of halogens is 1. The molecule has 1 aliphatic rings. The quantitative estimate of drug-likeness (QED) is 0.393. The fourth-order valence-corrected chi connectivity index (χ4v) is 4.08. The Morgan fingerprint density at radius 3 is 2.39 bits per heavy atom. The van der Waals surface area contributed by atoms with E-state index in [-0.39, 0.29) is 18.9 Å². The molecule has 3 aromatic rings. The van der Waals surface area contributed by atoms with Gasteiger partial charge in [0.2, 0.25) is 5.91 Å². The first-order chi connectivity index (χ1) is 17.5. The molecule has 0 saturated carbocycles. The smallest absolute Gasteiger partial charge is 0.332 e. The van der Waals surface area contributed by atoms with E-state index < -0.39 is 18.0 Å². The van der Waals surface area contributed by atoms with Crippen LogP contribution in [0.5, 0.6) is 5.75 Å². The number of imide groups is 1. The van der Waals surface area contributed by atoms with E-state index in [1.54, 1.807) is 60.9 Å². The number of nitrogens with zero attached hydrogens (tertiary/aromatic N) is 3. The van der Waals surface area contributed by atoms with Crippen molar-refractivity contribution >= 4 is 40.8 Å². The summed E-state index contributed by atoms with van der Waals surface area (Å²) < 4.78 is 5.57. The van der Waals surface area contributed by atoms with Crippen LogP contribution in [0, 0.1) is 0 Å². The highest BCUT2D eigenvalue weighted by atomic mass is 35.5. The van der Waals surface area contributed by atoms with Crippen LogP contribution in [0.3, 0.4) is 0 Å². The van der Waals surface area contributed by atoms with Crippen molar-refractivity contribution in [2.45, 2.75) is 32.2 Å². The summed E-state index contributed by atoms with van der Waals surface area (Å²) in [4.78, 5) is 46.2. The summed E-state index contributed by atoms with van der Waals surface area (Å²) in [6.45, 7) is 2.92. The molecule has 1 aromatic heterocycles. The third-order valence-electron chi connectivity index (χ3n) is 5.78. The molecule has 0 spiro atoms. The number of rotatable bonds is 10. The second-order valence-electron chi connectivity index (χ2n) is 8.37. The number of anilines is 2. The van der Waals surface area contributed by atoms with Crippen LogP contribution in [0.1, 0.15) is 25.3 Å². The van der Waals surface area contributed by atoms with E-state index >= 15 is 0 Å². The predicted octanol–water partition coefficient (Wildman–Crippen LogP) is 4.93. The SMILES string of the molecule is CCCOc1ccc(NC(=O)C[C@@H]2C(=O)N(c3ccc(Cl)cc3)C(=O)N2CCc2ccncc2)cc1. The number of nitrogens with one attached hydrogen (secondary N) is 1. The Labute approximate surface area is 214 Å². The van der Waals surface area contributed by atoms with Crippen molar-refractivity contribution in [2.75, 3.05) is 23.4 Å². The number of aromatic nitrogens is 1. The van der Waals surface area contributed by atoms with Gasteiger partial charge in [-0.15, -0.1) is 0 Å². The summed E-state index contributed by atoms with van der Waals surface area (Å²) in [5.74, 6) is -0.0990. The molecule has 1 N–H and O–H groups in total. The van der Waals surface area contributed by atoms with Gasteiger partial charge in [0.15, 0.2) is 0 Å². The summed E-state index contributed by atoms with van der Waals surface area (Å²) in [5.41, 5.74) is 1.97. The third-order valence-corrected chi connectivity index (χ3v) is 6.04. The standard InChI is InChI=1S/C27H27ClN4O4/c1-2-17-36-23-9-5-21(6-10-23)30-25(33)18-24-26(34)32(22-7-3-20(28)4-8-22)27(35)31(24)16-13-19-11-14-29-15-12-19/h3-12,14-15,24H,2,13,16-18H2,1H3,(H,30,33)/t24-/m1/s1. The van der Waals surface area contributed by atoms with Crippen LogP contribution < -0.4 is 15.0 Å². The molecule has 0 bridgehead atoms. The Balaban J connectivity index is 1.49. The molecule has 1 atom stereocenters. The average Bonchev–Trinajstić information content (AvgIpc) is 3.12. The predicted molar refractivity (Wildman–Crippen MR) is 138 cm³/mol. The van der Waals surface area contributed by atoms with Gasteiger partial charge in [-0.05, 0) is 79.1 Å². The fourth-order valence-electron chi connectivity index (χ4n) is 3.96. The van der Waals surface area contributed by atoms with Gasteiger partial charge >= 0.3 is 6.03 Å². The summed E-state index contributed by atoms with van der Waals surface area (Å²) in [6.07, 6.45) is 4.61. The molecule has 1 fully saturated rings. The molecule has 0 radical (unpaired) electrons. The van der Waals surface area contributed by atoms with Gasteiger partial charge in [-0.2, -0.15) is 0 Å². The Morgan fingerprint density at radius 2 is 1.72 bits per heavy atom. The van der Waals surface area contributed by atoms with Crippen molar-refractivity contribution < 1.29 is 19.1 Å². The van der Waals surface area contributed by atoms with Crippen LogP contribution in [-0.4, -0.2) is 46.9 Å². The molecule has 8 nitrogen and oxygen atoms in total. The Hall–Kier alpha value is -3.91. The first kappa shape index (κ1) is 25.2. The molecule has 36 heavy (non-hydrogen) atoms. The Bertz CT molecular complexity index is 1200. The number of hydrogen-bond acceptors (Lipinski definition) is 5. The number of amides is 4. The average molecular weight is 507 g/mol. The number of carbonyl (C=O) groups excluding carboxylic acids is 3. The van der Waals surface area contributed by atoms with Gasteiger partial charge in [0.25, 0.3) is 5.91 Å². The summed E-state index contributed by atoms with van der Waals surface area (Å²) >= 11 is 5.98. The van der Waals surface area contributed by atoms with Crippen LogP contribution in [0.15, 0.2) is 73.1 Å². The van der Waals surface area contributed by atoms with E-state index in [1.165, 1.54) is 4.90 Å². The lowest BCUT2D eigenvalue weighted by Gasteiger charge is -2.21. The largest absolute Gasteiger partial charge is 0.494 e. The van der Waals surface area contributed by atoms with Crippen molar-refractivity contribution in [2.24, 2.45) is 0 Å². The van der Waals surface area contributed by atoms with E-state index in [0.717, 1.165) is 16.9 Å². The maximum absolute atomic E-state index is 13.4. The molecule has 0 unspecified atom stereocenters. The van der Waals surface area contributed by atoms with Crippen LogP contribution >= 0.6 is 11.6 Å². The van der Waals surface area contributed by atoms with Crippen molar-refractivity contribution in [1.82, 2.24) is 9.88 Å². The number of ether oxygens (including phenoxy) is 1. The molecule has 4 rings (SSSR count). The summed E-state index contributed by atoms with van der Waals surface area (Å²) in [6, 6.07) is 15.8. The first-order valence-corrected chi connectivity index (χ1v) is 12.2. The van der Waals surface area contributed by atoms with Crippen molar-refractivity contribution in [1.29, 1.82) is 0 Å². The van der Waals surface area contributed by atoms with Crippen LogP contribution in [-0.2, 0) is 16.0 Å². The van der Waals surface area contributed by atoms with Gasteiger partial charge in [-0.3, -0.25) is 14.6 Å². The summed E-state index contributed by atoms with van der Waals surface area (Å²) in [7, 11) is 0. The lowest BCUT2D eigenvalue weighted by Crippen LogP contribution is -2.39. The van der Waals surface area contributed by atoms with Crippen molar-refractivity contribution in [3.8, 4) is 5.75 Å². The van der Waals surface area contributed by atoms with Crippen molar-refractivity contribution in [3.63, 3.8) is 0 Å². The van der Waals surface area contributed by atoms with Gasteiger partial charge in [0, 0.05) is 29.6 Å². The van der Waals surface area contributed by atoms with Gasteiger partial charge in [-0.1, -0.05) is 18.5 Å². The normalized spacial score (nSPS) is 15.3. The molecule has 9 heteroatoms. The fraction of sp³-hybridized carbons (Fsp3) is 0.259. The Kier molecular flexibility index (Phi) is 8.17. The van der Waals surface area contributed by atoms with Gasteiger partial charge in [-0.25, -0.2) is 9.69 Å². The maximum Gasteiger partial charge on any atom is 0.332 e. The molecule has 0 aliphatic carbocycles. The highest BCUT2D eigenvalue weighted by Crippen LogP contribution is 2.28. The molecule has 1 aliphatic heterocycles. The second kappa shape index (κ2) is 11.7. The maximum atomic E-state index is 13.4. The highest BCUT2D eigenvalue weighted by molar-refractivity contribution is 6.30. The topological polar surface area (TPSA) is 91.8 Å². The zero-order valence-corrected chi connectivity index (χ0v) is 20.6. The molecule has 2 heterocycles. The zero-order chi connectivity index (χ0) is 25.5. The van der Waals surface area contributed by atoms with Gasteiger partial charge in [0.1, 0.15) is 11.8 Å². The highest BCUT2D eigenvalue weighted by Gasteiger charge is 2.46. The van der Waals surface area contributed by atoms with Crippen LogP contribution in [0.25, 0.3) is 0 Å². The lowest BCUT2D eigenvalue weighted by molar-refractivity contribution is -0.124. The molecule has 4 amide bonds. The first-order valence-electron chi connectivity index (χ1n) is 11.8. The molecule has 1 saturated heterocycles. The minimum atomic E-state index is -0.929. The minimum Gasteiger partial charge on any atom is -0.494 e. The van der Waals surface area contributed by atoms with E-state index in [1.807, 2.05) is 19.1 Å². The van der Waals surface area contributed by atoms with Gasteiger partial charge in [0.05, 0.1) is 18.7 Å². The molecular formula is C27H27ClN4O4. The number of pyridine rings is 1. The number of hydrogen-bond donors (Lipinski definition) is 1. The third kappa shape index (κ3) is 6.01. The molecule has 2 aromatic carbocycles. The monoisotopic (exact) mass is 506 g/mol. The number of benzene rings is 2. The second-order valence-corrected chi connectivity index (χ2v) is 8.81. The Morgan fingerprint density at radius 1 is 1.03 bits per heavy atom. The van der Waals surface area contributed by atoms with E-state index in [0.29, 0.717) is 35.2 Å². The minimum absolute atomic E-state index is 0.168.